The summed E-state index contributed by atoms with van der Waals surface area (Å²) in [6, 6.07) is 21.1. The zero-order chi connectivity index (χ0) is 18.8. The van der Waals surface area contributed by atoms with Crippen LogP contribution in [0.1, 0.15) is 44.7 Å². The summed E-state index contributed by atoms with van der Waals surface area (Å²) in [5.74, 6) is 0.310. The van der Waals surface area contributed by atoms with Crippen LogP contribution in [-0.4, -0.2) is 18.3 Å². The van der Waals surface area contributed by atoms with E-state index in [1.54, 1.807) is 0 Å². The Morgan fingerprint density at radius 2 is 1.38 bits per heavy atom. The third-order valence-corrected chi connectivity index (χ3v) is 5.83. The van der Waals surface area contributed by atoms with Gasteiger partial charge < -0.3 is 9.31 Å². The quantitative estimate of drug-likeness (QED) is 0.495. The summed E-state index contributed by atoms with van der Waals surface area (Å²) >= 11 is 0. The molecule has 0 unspecified atom stereocenters. The highest BCUT2D eigenvalue weighted by atomic mass is 16.7. The molecule has 2 nitrogen and oxygen atoms in total. The van der Waals surface area contributed by atoms with E-state index in [9.17, 15) is 0 Å². The molecule has 0 spiro atoms. The molecule has 0 N–H and O–H groups in total. The first-order valence-electron chi connectivity index (χ1n) is 9.41. The minimum absolute atomic E-state index is 0.151. The van der Waals surface area contributed by atoms with Crippen LogP contribution in [0.4, 0.5) is 0 Å². The molecular formula is C23H29BO2. The highest BCUT2D eigenvalue weighted by Gasteiger charge is 2.54. The molecule has 1 fully saturated rings. The summed E-state index contributed by atoms with van der Waals surface area (Å²) in [6.07, 6.45) is 2.91. The van der Waals surface area contributed by atoms with Crippen molar-refractivity contribution < 1.29 is 9.31 Å². The molecule has 2 aromatic carbocycles. The second-order valence-electron chi connectivity index (χ2n) is 8.15. The molecular weight excluding hydrogens is 319 g/mol. The fraction of sp³-hybridized carbons (Fsp3) is 0.391. The molecule has 2 atom stereocenters. The van der Waals surface area contributed by atoms with Crippen LogP contribution >= 0.6 is 0 Å². The predicted molar refractivity (Wildman–Crippen MR) is 109 cm³/mol. The van der Waals surface area contributed by atoms with Crippen LogP contribution in [0.2, 0.25) is 5.82 Å². The highest BCUT2D eigenvalue weighted by Crippen LogP contribution is 2.45. The van der Waals surface area contributed by atoms with E-state index in [2.05, 4.69) is 88.9 Å². The first-order chi connectivity index (χ1) is 12.3. The van der Waals surface area contributed by atoms with Gasteiger partial charge in [0.1, 0.15) is 0 Å². The van der Waals surface area contributed by atoms with Crippen molar-refractivity contribution in [1.82, 2.24) is 0 Å². The molecule has 0 aliphatic carbocycles. The van der Waals surface area contributed by atoms with Crippen LogP contribution in [0.15, 0.2) is 73.3 Å². The normalized spacial score (nSPS) is 20.5. The molecule has 0 bridgehead atoms. The Balaban J connectivity index is 1.95. The molecule has 0 saturated carbocycles. The molecule has 3 heteroatoms. The Hall–Kier alpha value is -1.84. The molecule has 1 aliphatic heterocycles. The summed E-state index contributed by atoms with van der Waals surface area (Å²) in [4.78, 5) is 0. The second kappa shape index (κ2) is 7.42. The lowest BCUT2D eigenvalue weighted by molar-refractivity contribution is 0.00578. The van der Waals surface area contributed by atoms with Gasteiger partial charge in [0.2, 0.25) is 0 Å². The van der Waals surface area contributed by atoms with Crippen molar-refractivity contribution in [3.63, 3.8) is 0 Å². The monoisotopic (exact) mass is 348 g/mol. The zero-order valence-corrected chi connectivity index (χ0v) is 16.3. The van der Waals surface area contributed by atoms with E-state index >= 15 is 0 Å². The van der Waals surface area contributed by atoms with E-state index in [-0.39, 0.29) is 30.1 Å². The van der Waals surface area contributed by atoms with Crippen molar-refractivity contribution in [2.24, 2.45) is 0 Å². The van der Waals surface area contributed by atoms with Gasteiger partial charge in [-0.2, -0.15) is 0 Å². The maximum atomic E-state index is 6.43. The summed E-state index contributed by atoms with van der Waals surface area (Å²) in [6.45, 7) is 12.6. The Morgan fingerprint density at radius 3 is 1.88 bits per heavy atom. The third-order valence-electron chi connectivity index (χ3n) is 5.83. The average molecular weight is 348 g/mol. The number of allylic oxidation sites excluding steroid dienone is 1. The van der Waals surface area contributed by atoms with Gasteiger partial charge in [0.25, 0.3) is 0 Å². The van der Waals surface area contributed by atoms with Gasteiger partial charge in [-0.05, 0) is 45.2 Å². The van der Waals surface area contributed by atoms with Crippen LogP contribution < -0.4 is 0 Å². The van der Waals surface area contributed by atoms with Gasteiger partial charge >= 0.3 is 7.12 Å². The van der Waals surface area contributed by atoms with Crippen LogP contribution in [0.3, 0.4) is 0 Å². The molecule has 1 heterocycles. The Labute approximate surface area is 158 Å². The SMILES string of the molecule is C=C[C@@H](c1ccccc1)[C@@H](Cc1ccccc1)B1OC(C)(C)C(C)(C)O1. The molecule has 1 saturated heterocycles. The Bertz CT molecular complexity index is 708. The van der Waals surface area contributed by atoms with E-state index in [1.165, 1.54) is 11.1 Å². The van der Waals surface area contributed by atoms with E-state index in [4.69, 9.17) is 9.31 Å². The van der Waals surface area contributed by atoms with Gasteiger partial charge in [-0.15, -0.1) is 6.58 Å². The van der Waals surface area contributed by atoms with Crippen molar-refractivity contribution in [3.05, 3.63) is 84.4 Å². The number of rotatable bonds is 6. The van der Waals surface area contributed by atoms with Crippen molar-refractivity contribution >= 4 is 7.12 Å². The smallest absolute Gasteiger partial charge is 0.403 e. The van der Waals surface area contributed by atoms with Crippen LogP contribution in [0, 0.1) is 0 Å². The van der Waals surface area contributed by atoms with Crippen molar-refractivity contribution in [3.8, 4) is 0 Å². The van der Waals surface area contributed by atoms with Gasteiger partial charge in [0.15, 0.2) is 0 Å². The highest BCUT2D eigenvalue weighted by molar-refractivity contribution is 6.48. The largest absolute Gasteiger partial charge is 0.462 e. The molecule has 0 amide bonds. The molecule has 136 valence electrons. The summed E-state index contributed by atoms with van der Waals surface area (Å²) in [7, 11) is -0.275. The lowest BCUT2D eigenvalue weighted by Crippen LogP contribution is -2.41. The minimum atomic E-state index is -0.338. The molecule has 0 radical (unpaired) electrons. The van der Waals surface area contributed by atoms with Gasteiger partial charge in [0.05, 0.1) is 11.2 Å². The van der Waals surface area contributed by atoms with Gasteiger partial charge in [-0.3, -0.25) is 0 Å². The van der Waals surface area contributed by atoms with E-state index in [0.717, 1.165) is 6.42 Å². The van der Waals surface area contributed by atoms with Crippen molar-refractivity contribution in [2.75, 3.05) is 0 Å². The third kappa shape index (κ3) is 3.79. The summed E-state index contributed by atoms with van der Waals surface area (Å²) < 4.78 is 12.9. The first-order valence-corrected chi connectivity index (χ1v) is 9.41. The van der Waals surface area contributed by atoms with Crippen molar-refractivity contribution in [1.29, 1.82) is 0 Å². The topological polar surface area (TPSA) is 18.5 Å². The number of benzene rings is 2. The number of hydrogen-bond donors (Lipinski definition) is 0. The second-order valence-corrected chi connectivity index (χ2v) is 8.15. The van der Waals surface area contributed by atoms with Crippen LogP contribution in [-0.2, 0) is 15.7 Å². The fourth-order valence-corrected chi connectivity index (χ4v) is 3.58. The van der Waals surface area contributed by atoms with Gasteiger partial charge in [0, 0.05) is 11.7 Å². The molecule has 3 rings (SSSR count). The summed E-state index contributed by atoms with van der Waals surface area (Å²) in [5, 5.41) is 0. The zero-order valence-electron chi connectivity index (χ0n) is 16.3. The van der Waals surface area contributed by atoms with Gasteiger partial charge in [-0.1, -0.05) is 66.7 Å². The van der Waals surface area contributed by atoms with Crippen molar-refractivity contribution in [2.45, 2.75) is 57.1 Å². The van der Waals surface area contributed by atoms with E-state index in [1.807, 2.05) is 12.1 Å². The molecule has 1 aliphatic rings. The summed E-state index contributed by atoms with van der Waals surface area (Å²) in [5.41, 5.74) is 1.86. The first kappa shape index (κ1) is 18.9. The van der Waals surface area contributed by atoms with Crippen LogP contribution in [0.5, 0.6) is 0 Å². The fourth-order valence-electron chi connectivity index (χ4n) is 3.58. The van der Waals surface area contributed by atoms with Crippen LogP contribution in [0.25, 0.3) is 0 Å². The lowest BCUT2D eigenvalue weighted by Gasteiger charge is -2.32. The number of hydrogen-bond acceptors (Lipinski definition) is 2. The molecule has 26 heavy (non-hydrogen) atoms. The van der Waals surface area contributed by atoms with E-state index in [0.29, 0.717) is 0 Å². The standard InChI is InChI=1S/C23H29BO2/c1-6-20(19-15-11-8-12-16-19)21(17-18-13-9-7-10-14-18)24-25-22(2,3)23(4,5)26-24/h6-16,20-21H,1,17H2,2-5H3/t20-,21+/m0/s1. The molecule has 0 aromatic heterocycles. The lowest BCUT2D eigenvalue weighted by atomic mass is 9.60. The molecule has 2 aromatic rings. The Kier molecular flexibility index (Phi) is 5.41. The van der Waals surface area contributed by atoms with Gasteiger partial charge in [-0.25, -0.2) is 0 Å². The Morgan fingerprint density at radius 1 is 0.885 bits per heavy atom. The maximum absolute atomic E-state index is 6.43. The van der Waals surface area contributed by atoms with E-state index < -0.39 is 0 Å². The minimum Gasteiger partial charge on any atom is -0.403 e. The predicted octanol–water partition coefficient (Wildman–Crippen LogP) is 5.66. The average Bonchev–Trinajstić information content (AvgIpc) is 2.84. The maximum Gasteiger partial charge on any atom is 0.462 e.